The molecule has 2 heterocycles. The Balaban J connectivity index is 1.73. The zero-order valence-corrected chi connectivity index (χ0v) is 11.5. The van der Waals surface area contributed by atoms with Crippen LogP contribution in [0.4, 0.5) is 0 Å². The monoisotopic (exact) mass is 288 g/mol. The number of ether oxygens (including phenoxy) is 3. The van der Waals surface area contributed by atoms with Crippen molar-refractivity contribution in [2.45, 2.75) is 12.2 Å². The van der Waals surface area contributed by atoms with E-state index in [4.69, 9.17) is 14.2 Å². The van der Waals surface area contributed by atoms with Crippen molar-refractivity contribution in [1.82, 2.24) is 0 Å². The second-order valence-electron chi connectivity index (χ2n) is 5.59. The van der Waals surface area contributed by atoms with Crippen LogP contribution in [0.2, 0.25) is 0 Å². The van der Waals surface area contributed by atoms with Crippen molar-refractivity contribution in [2.75, 3.05) is 13.7 Å². The smallest absolute Gasteiger partial charge is 0.128 e. The summed E-state index contributed by atoms with van der Waals surface area (Å²) in [6.07, 6.45) is 3.16. The van der Waals surface area contributed by atoms with E-state index in [1.165, 1.54) is 0 Å². The molecule has 21 heavy (non-hydrogen) atoms. The zero-order valence-electron chi connectivity index (χ0n) is 11.5. The third kappa shape index (κ3) is 1.81. The highest BCUT2D eigenvalue weighted by Gasteiger charge is 2.50. The van der Waals surface area contributed by atoms with Crippen LogP contribution in [0, 0.1) is 11.8 Å². The lowest BCUT2D eigenvalue weighted by Gasteiger charge is -2.30. The molecule has 2 aliphatic heterocycles. The van der Waals surface area contributed by atoms with Gasteiger partial charge in [0.2, 0.25) is 0 Å². The van der Waals surface area contributed by atoms with E-state index in [0.29, 0.717) is 18.1 Å². The summed E-state index contributed by atoms with van der Waals surface area (Å²) in [4.78, 5) is 0. The fourth-order valence-corrected chi connectivity index (χ4v) is 3.46. The average molecular weight is 288 g/mol. The Morgan fingerprint density at radius 2 is 2.14 bits per heavy atom. The number of hydrogen-bond acceptors (Lipinski definition) is 5. The van der Waals surface area contributed by atoms with Crippen molar-refractivity contribution in [3.8, 4) is 11.5 Å². The molecular formula is C16H16O5. The van der Waals surface area contributed by atoms with Gasteiger partial charge in [-0.15, -0.1) is 0 Å². The van der Waals surface area contributed by atoms with Crippen molar-refractivity contribution in [2.24, 2.45) is 11.8 Å². The molecule has 0 aromatic heterocycles. The van der Waals surface area contributed by atoms with Crippen LogP contribution in [-0.2, 0) is 9.47 Å². The molecule has 1 saturated heterocycles. The number of aliphatic hydroxyl groups is 1. The maximum atomic E-state index is 10.3. The lowest BCUT2D eigenvalue weighted by molar-refractivity contribution is 0.0318. The number of allylic oxidation sites excluding steroid dienone is 1. The number of aromatic hydroxyl groups is 1. The summed E-state index contributed by atoms with van der Waals surface area (Å²) < 4.78 is 17.0. The number of phenolic OH excluding ortho intramolecular Hbond substituents is 1. The quantitative estimate of drug-likeness (QED) is 0.830. The summed E-state index contributed by atoms with van der Waals surface area (Å²) in [6.45, 7) is 0.455. The van der Waals surface area contributed by atoms with Crippen molar-refractivity contribution < 1.29 is 24.4 Å². The number of aliphatic hydroxyl groups excluding tert-OH is 1. The number of hydrogen-bond donors (Lipinski definition) is 2. The van der Waals surface area contributed by atoms with Crippen LogP contribution in [0.5, 0.6) is 11.5 Å². The minimum absolute atomic E-state index is 0.0537. The average Bonchev–Trinajstić information content (AvgIpc) is 2.85. The van der Waals surface area contributed by atoms with Crippen molar-refractivity contribution >= 4 is 0 Å². The van der Waals surface area contributed by atoms with Crippen LogP contribution in [0.25, 0.3) is 0 Å². The van der Waals surface area contributed by atoms with Gasteiger partial charge in [0.1, 0.15) is 23.0 Å². The van der Waals surface area contributed by atoms with E-state index >= 15 is 0 Å². The van der Waals surface area contributed by atoms with Gasteiger partial charge in [-0.1, -0.05) is 0 Å². The fourth-order valence-electron chi connectivity index (χ4n) is 3.46. The maximum Gasteiger partial charge on any atom is 0.128 e. The molecule has 2 unspecified atom stereocenters. The van der Waals surface area contributed by atoms with E-state index in [2.05, 4.69) is 0 Å². The summed E-state index contributed by atoms with van der Waals surface area (Å²) in [5, 5.41) is 19.8. The first-order valence-corrected chi connectivity index (χ1v) is 6.95. The van der Waals surface area contributed by atoms with Crippen LogP contribution >= 0.6 is 0 Å². The molecule has 1 fully saturated rings. The van der Waals surface area contributed by atoms with Crippen LogP contribution in [-0.4, -0.2) is 30.0 Å². The van der Waals surface area contributed by atoms with Crippen molar-refractivity contribution in [1.29, 1.82) is 0 Å². The molecule has 1 aromatic carbocycles. The highest BCUT2D eigenvalue weighted by Crippen LogP contribution is 2.52. The third-order valence-corrected chi connectivity index (χ3v) is 4.44. The summed E-state index contributed by atoms with van der Waals surface area (Å²) in [7, 11) is 1.57. The summed E-state index contributed by atoms with van der Waals surface area (Å²) >= 11 is 0. The molecule has 1 aliphatic carbocycles. The second-order valence-corrected chi connectivity index (χ2v) is 5.59. The molecular weight excluding hydrogens is 272 g/mol. The lowest BCUT2D eigenvalue weighted by atomic mass is 9.80. The molecule has 5 nitrogen and oxygen atoms in total. The molecule has 0 spiro atoms. The van der Waals surface area contributed by atoms with Gasteiger partial charge in [0, 0.05) is 23.6 Å². The first-order chi connectivity index (χ1) is 10.2. The van der Waals surface area contributed by atoms with Gasteiger partial charge >= 0.3 is 0 Å². The van der Waals surface area contributed by atoms with E-state index < -0.39 is 0 Å². The minimum Gasteiger partial charge on any atom is -0.512 e. The van der Waals surface area contributed by atoms with Crippen LogP contribution in [0.3, 0.4) is 0 Å². The van der Waals surface area contributed by atoms with E-state index in [1.807, 2.05) is 12.1 Å². The van der Waals surface area contributed by atoms with Gasteiger partial charge in [0.05, 0.1) is 31.8 Å². The Labute approximate surface area is 122 Å². The Kier molecular flexibility index (Phi) is 2.65. The molecule has 0 amide bonds. The Hall–Kier alpha value is -2.14. The SMILES string of the molecule is COC1=CC2O[C@@H]3c4ccc(O)cc4OC[C@@H]3C2C(O)=C1. The van der Waals surface area contributed by atoms with E-state index in [9.17, 15) is 10.2 Å². The van der Waals surface area contributed by atoms with Gasteiger partial charge in [0.25, 0.3) is 0 Å². The van der Waals surface area contributed by atoms with Gasteiger partial charge < -0.3 is 24.4 Å². The number of rotatable bonds is 1. The lowest BCUT2D eigenvalue weighted by Crippen LogP contribution is -2.30. The highest BCUT2D eigenvalue weighted by molar-refractivity contribution is 5.44. The van der Waals surface area contributed by atoms with Crippen molar-refractivity contribution in [3.05, 3.63) is 47.4 Å². The molecule has 0 bridgehead atoms. The van der Waals surface area contributed by atoms with Crippen LogP contribution in [0.15, 0.2) is 41.9 Å². The topological polar surface area (TPSA) is 68.2 Å². The van der Waals surface area contributed by atoms with E-state index in [-0.39, 0.29) is 35.6 Å². The Morgan fingerprint density at radius 1 is 1.29 bits per heavy atom. The largest absolute Gasteiger partial charge is 0.512 e. The molecule has 110 valence electrons. The minimum atomic E-state index is -0.219. The number of phenols is 1. The Bertz CT molecular complexity index is 648. The predicted octanol–water partition coefficient (Wildman–Crippen LogP) is 2.44. The molecule has 3 aliphatic rings. The van der Waals surface area contributed by atoms with E-state index in [1.54, 1.807) is 25.3 Å². The van der Waals surface area contributed by atoms with E-state index in [0.717, 1.165) is 5.56 Å². The standard InChI is InChI=1S/C16H16O5/c1-19-9-5-12(18)15-11-7-20-13-4-8(17)2-3-10(13)16(11)21-14(15)6-9/h2-6,11,14-18H,7H2,1H3/t11-,14?,15?,16-/m1/s1. The summed E-state index contributed by atoms with van der Waals surface area (Å²) in [5.74, 6) is 1.65. The third-order valence-electron chi connectivity index (χ3n) is 4.44. The predicted molar refractivity (Wildman–Crippen MR) is 74.0 cm³/mol. The zero-order chi connectivity index (χ0) is 14.6. The first-order valence-electron chi connectivity index (χ1n) is 6.95. The maximum absolute atomic E-state index is 10.3. The molecule has 4 rings (SSSR count). The van der Waals surface area contributed by atoms with Crippen molar-refractivity contribution in [3.63, 3.8) is 0 Å². The van der Waals surface area contributed by atoms with Gasteiger partial charge in [-0.3, -0.25) is 0 Å². The van der Waals surface area contributed by atoms with Crippen LogP contribution < -0.4 is 4.74 Å². The molecule has 1 aromatic rings. The van der Waals surface area contributed by atoms with Gasteiger partial charge in [0.15, 0.2) is 0 Å². The fraction of sp³-hybridized carbons (Fsp3) is 0.375. The summed E-state index contributed by atoms with van der Waals surface area (Å²) in [5.41, 5.74) is 0.915. The first kappa shape index (κ1) is 12.6. The molecule has 0 saturated carbocycles. The van der Waals surface area contributed by atoms with Gasteiger partial charge in [-0.25, -0.2) is 0 Å². The molecule has 0 radical (unpaired) electrons. The normalized spacial score (nSPS) is 33.0. The molecule has 5 heteroatoms. The van der Waals surface area contributed by atoms with Gasteiger partial charge in [-0.2, -0.15) is 0 Å². The number of methoxy groups -OCH3 is 1. The number of benzene rings is 1. The summed E-state index contributed by atoms with van der Waals surface area (Å²) in [6, 6.07) is 5.05. The molecule has 2 N–H and O–H groups in total. The molecule has 4 atom stereocenters. The Morgan fingerprint density at radius 3 is 2.95 bits per heavy atom. The second kappa shape index (κ2) is 4.43. The highest BCUT2D eigenvalue weighted by atomic mass is 16.5. The number of fused-ring (bicyclic) bond motifs is 5. The van der Waals surface area contributed by atoms with Gasteiger partial charge in [-0.05, 0) is 18.2 Å². The van der Waals surface area contributed by atoms with Crippen LogP contribution in [0.1, 0.15) is 11.7 Å².